The lowest BCUT2D eigenvalue weighted by Crippen LogP contribution is -2.17. The molecule has 14 heavy (non-hydrogen) atoms. The standard InChI is InChI=1S/C10H10ClNOS/c11-9-3-1-8(2-4-9)7-12-10(13)5-6-14-12/h1-4H,5-7H2. The fourth-order valence-electron chi connectivity index (χ4n) is 1.33. The molecule has 0 aliphatic carbocycles. The minimum Gasteiger partial charge on any atom is -0.282 e. The molecule has 0 spiro atoms. The van der Waals surface area contributed by atoms with Crippen LogP contribution in [0.25, 0.3) is 0 Å². The van der Waals surface area contributed by atoms with E-state index in [1.165, 1.54) is 0 Å². The molecule has 1 amide bonds. The summed E-state index contributed by atoms with van der Waals surface area (Å²) in [4.78, 5) is 11.3. The number of carbonyl (C=O) groups is 1. The molecular formula is C10H10ClNOS. The smallest absolute Gasteiger partial charge is 0.233 e. The average molecular weight is 228 g/mol. The van der Waals surface area contributed by atoms with Gasteiger partial charge in [0.25, 0.3) is 0 Å². The molecule has 1 aromatic carbocycles. The van der Waals surface area contributed by atoms with Crippen LogP contribution < -0.4 is 0 Å². The molecule has 0 radical (unpaired) electrons. The Labute approximate surface area is 92.4 Å². The van der Waals surface area contributed by atoms with Crippen molar-refractivity contribution in [3.63, 3.8) is 0 Å². The van der Waals surface area contributed by atoms with Gasteiger partial charge in [-0.25, -0.2) is 0 Å². The minimum absolute atomic E-state index is 0.227. The highest BCUT2D eigenvalue weighted by Gasteiger charge is 2.20. The largest absolute Gasteiger partial charge is 0.282 e. The summed E-state index contributed by atoms with van der Waals surface area (Å²) in [6.07, 6.45) is 0.665. The third-order valence-electron chi connectivity index (χ3n) is 2.08. The van der Waals surface area contributed by atoms with E-state index in [0.717, 1.165) is 16.3 Å². The predicted octanol–water partition coefficient (Wildman–Crippen LogP) is 2.72. The summed E-state index contributed by atoms with van der Waals surface area (Å²) >= 11 is 7.37. The van der Waals surface area contributed by atoms with Crippen molar-refractivity contribution in [1.29, 1.82) is 0 Å². The molecule has 1 saturated heterocycles. The number of amides is 1. The fraction of sp³-hybridized carbons (Fsp3) is 0.300. The van der Waals surface area contributed by atoms with Crippen LogP contribution in [0.5, 0.6) is 0 Å². The van der Waals surface area contributed by atoms with Crippen molar-refractivity contribution in [3.05, 3.63) is 34.9 Å². The highest BCUT2D eigenvalue weighted by molar-refractivity contribution is 7.97. The molecule has 0 saturated carbocycles. The molecule has 0 atom stereocenters. The number of hydrogen-bond acceptors (Lipinski definition) is 2. The van der Waals surface area contributed by atoms with Crippen molar-refractivity contribution < 1.29 is 4.79 Å². The van der Waals surface area contributed by atoms with Gasteiger partial charge in [0.05, 0.1) is 6.54 Å². The van der Waals surface area contributed by atoms with Crippen molar-refractivity contribution in [1.82, 2.24) is 4.31 Å². The maximum atomic E-state index is 11.3. The number of benzene rings is 1. The fourth-order valence-corrected chi connectivity index (χ4v) is 2.42. The highest BCUT2D eigenvalue weighted by Crippen LogP contribution is 2.24. The first kappa shape index (κ1) is 9.87. The van der Waals surface area contributed by atoms with Gasteiger partial charge in [-0.1, -0.05) is 23.7 Å². The molecule has 1 aromatic rings. The molecule has 1 heterocycles. The van der Waals surface area contributed by atoms with Gasteiger partial charge >= 0.3 is 0 Å². The second kappa shape index (κ2) is 4.24. The highest BCUT2D eigenvalue weighted by atomic mass is 35.5. The maximum absolute atomic E-state index is 11.3. The molecule has 1 aliphatic rings. The SMILES string of the molecule is O=C1CCSN1Cc1ccc(Cl)cc1. The van der Waals surface area contributed by atoms with Crippen LogP contribution >= 0.6 is 23.5 Å². The van der Waals surface area contributed by atoms with Crippen LogP contribution in [0.2, 0.25) is 5.02 Å². The van der Waals surface area contributed by atoms with Crippen LogP contribution in [0.4, 0.5) is 0 Å². The number of hydrogen-bond donors (Lipinski definition) is 0. The quantitative estimate of drug-likeness (QED) is 0.725. The van der Waals surface area contributed by atoms with Crippen molar-refractivity contribution in [2.45, 2.75) is 13.0 Å². The van der Waals surface area contributed by atoms with Gasteiger partial charge in [0.2, 0.25) is 5.91 Å². The van der Waals surface area contributed by atoms with Gasteiger partial charge in [0.15, 0.2) is 0 Å². The van der Waals surface area contributed by atoms with E-state index >= 15 is 0 Å². The molecule has 2 rings (SSSR count). The number of nitrogens with zero attached hydrogens (tertiary/aromatic N) is 1. The van der Waals surface area contributed by atoms with Crippen LogP contribution in [-0.4, -0.2) is 16.0 Å². The van der Waals surface area contributed by atoms with E-state index in [2.05, 4.69) is 0 Å². The van der Waals surface area contributed by atoms with E-state index in [-0.39, 0.29) is 5.91 Å². The first-order chi connectivity index (χ1) is 6.75. The van der Waals surface area contributed by atoms with Crippen LogP contribution in [0.1, 0.15) is 12.0 Å². The minimum atomic E-state index is 0.227. The van der Waals surface area contributed by atoms with Gasteiger partial charge in [0, 0.05) is 17.2 Å². The van der Waals surface area contributed by atoms with Crippen LogP contribution in [0.3, 0.4) is 0 Å². The van der Waals surface area contributed by atoms with Gasteiger partial charge in [-0.2, -0.15) is 0 Å². The number of halogens is 1. The summed E-state index contributed by atoms with van der Waals surface area (Å²) in [5.41, 5.74) is 1.12. The first-order valence-corrected chi connectivity index (χ1v) is 5.75. The predicted molar refractivity (Wildman–Crippen MR) is 59.1 cm³/mol. The van der Waals surface area contributed by atoms with Crippen LogP contribution in [0.15, 0.2) is 24.3 Å². The molecule has 4 heteroatoms. The monoisotopic (exact) mass is 227 g/mol. The van der Waals surface area contributed by atoms with E-state index < -0.39 is 0 Å². The Morgan fingerprint density at radius 1 is 1.36 bits per heavy atom. The third-order valence-corrected chi connectivity index (χ3v) is 3.36. The zero-order valence-electron chi connectivity index (χ0n) is 7.57. The van der Waals surface area contributed by atoms with Crippen molar-refractivity contribution >= 4 is 29.5 Å². The van der Waals surface area contributed by atoms with Gasteiger partial charge in [0.1, 0.15) is 0 Å². The molecule has 0 bridgehead atoms. The zero-order chi connectivity index (χ0) is 9.97. The summed E-state index contributed by atoms with van der Waals surface area (Å²) in [5.74, 6) is 1.14. The Balaban J connectivity index is 2.03. The van der Waals surface area contributed by atoms with E-state index in [9.17, 15) is 4.79 Å². The van der Waals surface area contributed by atoms with Crippen molar-refractivity contribution in [3.8, 4) is 0 Å². The van der Waals surface area contributed by atoms with Gasteiger partial charge < -0.3 is 0 Å². The van der Waals surface area contributed by atoms with Gasteiger partial charge in [-0.3, -0.25) is 9.10 Å². The molecule has 0 aromatic heterocycles. The Hall–Kier alpha value is -0.670. The molecule has 0 unspecified atom stereocenters. The lowest BCUT2D eigenvalue weighted by molar-refractivity contribution is -0.125. The lowest BCUT2D eigenvalue weighted by Gasteiger charge is -2.13. The topological polar surface area (TPSA) is 20.3 Å². The first-order valence-electron chi connectivity index (χ1n) is 4.43. The Bertz CT molecular complexity index is 338. The summed E-state index contributed by atoms with van der Waals surface area (Å²) in [5, 5.41) is 0.731. The van der Waals surface area contributed by atoms with Crippen LogP contribution in [0, 0.1) is 0 Å². The molecule has 2 nitrogen and oxygen atoms in total. The molecule has 1 fully saturated rings. The van der Waals surface area contributed by atoms with Crippen molar-refractivity contribution in [2.75, 3.05) is 5.75 Å². The third kappa shape index (κ3) is 2.22. The lowest BCUT2D eigenvalue weighted by atomic mass is 10.2. The number of rotatable bonds is 2. The Kier molecular flexibility index (Phi) is 2.99. The summed E-state index contributed by atoms with van der Waals surface area (Å²) in [6, 6.07) is 7.60. The maximum Gasteiger partial charge on any atom is 0.233 e. The second-order valence-electron chi connectivity index (χ2n) is 3.14. The molecule has 0 N–H and O–H groups in total. The Morgan fingerprint density at radius 2 is 2.07 bits per heavy atom. The van der Waals surface area contributed by atoms with E-state index in [1.54, 1.807) is 11.9 Å². The van der Waals surface area contributed by atoms with Crippen molar-refractivity contribution in [2.24, 2.45) is 0 Å². The summed E-state index contributed by atoms with van der Waals surface area (Å²) < 4.78 is 1.81. The van der Waals surface area contributed by atoms with Crippen LogP contribution in [-0.2, 0) is 11.3 Å². The summed E-state index contributed by atoms with van der Waals surface area (Å²) in [7, 11) is 0. The van der Waals surface area contributed by atoms with Gasteiger partial charge in [-0.05, 0) is 29.6 Å². The Morgan fingerprint density at radius 3 is 2.64 bits per heavy atom. The zero-order valence-corrected chi connectivity index (χ0v) is 9.14. The number of carbonyl (C=O) groups excluding carboxylic acids is 1. The van der Waals surface area contributed by atoms with E-state index in [1.807, 2.05) is 28.6 Å². The van der Waals surface area contributed by atoms with E-state index in [0.29, 0.717) is 13.0 Å². The molecule has 1 aliphatic heterocycles. The average Bonchev–Trinajstić information content (AvgIpc) is 2.56. The summed E-state index contributed by atoms with van der Waals surface area (Å²) in [6.45, 7) is 0.681. The molecule has 74 valence electrons. The van der Waals surface area contributed by atoms with Gasteiger partial charge in [-0.15, -0.1) is 0 Å². The van der Waals surface area contributed by atoms with E-state index in [4.69, 9.17) is 11.6 Å². The molecular weight excluding hydrogens is 218 g/mol. The normalized spacial score (nSPS) is 16.4. The second-order valence-corrected chi connectivity index (χ2v) is 4.68.